The molecule has 0 unspecified atom stereocenters. The zero-order chi connectivity index (χ0) is 19.7. The van der Waals surface area contributed by atoms with E-state index in [2.05, 4.69) is 56.1 Å². The topological polar surface area (TPSA) is 44.7 Å². The smallest absolute Gasteiger partial charge is 0.234 e. The van der Waals surface area contributed by atoms with Gasteiger partial charge < -0.3 is 10.2 Å². The minimum absolute atomic E-state index is 0.0299. The summed E-state index contributed by atoms with van der Waals surface area (Å²) in [5.74, 6) is 0.418. The quantitative estimate of drug-likeness (QED) is 0.830. The first-order chi connectivity index (χ1) is 12.8. The van der Waals surface area contributed by atoms with Gasteiger partial charge in [-0.2, -0.15) is 0 Å². The van der Waals surface area contributed by atoms with Crippen molar-refractivity contribution < 1.29 is 4.79 Å². The summed E-state index contributed by atoms with van der Waals surface area (Å²) in [6.45, 7) is 13.4. The van der Waals surface area contributed by atoms with E-state index in [1.807, 2.05) is 13.8 Å². The summed E-state index contributed by atoms with van der Waals surface area (Å²) in [6.07, 6.45) is 0.104. The van der Waals surface area contributed by atoms with Gasteiger partial charge in [0, 0.05) is 22.3 Å². The van der Waals surface area contributed by atoms with Crippen molar-refractivity contribution in [2.75, 3.05) is 17.6 Å². The molecule has 0 radical (unpaired) electrons. The minimum atomic E-state index is 0.0299. The zero-order valence-corrected chi connectivity index (χ0v) is 18.5. The lowest BCUT2D eigenvalue weighted by molar-refractivity contribution is -0.113. The second-order valence-electron chi connectivity index (χ2n) is 7.04. The van der Waals surface area contributed by atoms with Crippen LogP contribution in [0.3, 0.4) is 0 Å². The molecule has 1 N–H and O–H groups in total. The largest absolute Gasteiger partial charge is 0.344 e. The zero-order valence-electron chi connectivity index (χ0n) is 16.8. The number of hydrogen-bond acceptors (Lipinski definition) is 5. The van der Waals surface area contributed by atoms with E-state index in [1.54, 1.807) is 23.1 Å². The summed E-state index contributed by atoms with van der Waals surface area (Å²) < 4.78 is 1.08. The number of fused-ring (bicyclic) bond motifs is 1. The fourth-order valence-corrected chi connectivity index (χ4v) is 5.69. The standard InChI is InChI=1S/C21H27N3OS2/c1-7-24-16(6)22-20-17(10-15(5)27-20)21(24)26-11-18(25)23-19-13(3)8-12(2)9-14(19)4/h8-10,16H,7,11H2,1-6H3,(H,23,25)/t16-/m1/s1. The molecule has 4 nitrogen and oxygen atoms in total. The first kappa shape index (κ1) is 20.0. The van der Waals surface area contributed by atoms with Crippen LogP contribution in [0.1, 0.15) is 35.4 Å². The monoisotopic (exact) mass is 401 g/mol. The van der Waals surface area contributed by atoms with Crippen LogP contribution in [0.15, 0.2) is 23.2 Å². The SMILES string of the molecule is CCN1C(SCC(=O)Nc2c(C)cc(C)cc2C)=c2cc(C)sc2=N[C@H]1C. The molecule has 1 aromatic heterocycles. The van der Waals surface area contributed by atoms with Crippen molar-refractivity contribution in [3.05, 3.63) is 49.7 Å². The van der Waals surface area contributed by atoms with Gasteiger partial charge in [-0.3, -0.25) is 4.79 Å². The molecule has 2 aromatic rings. The maximum atomic E-state index is 12.7. The Balaban J connectivity index is 1.81. The van der Waals surface area contributed by atoms with Gasteiger partial charge in [0.15, 0.2) is 0 Å². The van der Waals surface area contributed by atoms with Gasteiger partial charge in [-0.05, 0) is 58.7 Å². The first-order valence-electron chi connectivity index (χ1n) is 9.26. The Bertz CT molecular complexity index is 970. The molecule has 0 spiro atoms. The molecule has 1 aliphatic rings. The van der Waals surface area contributed by atoms with Crippen LogP contribution in [0, 0.1) is 27.7 Å². The number of benzene rings is 1. The summed E-state index contributed by atoms with van der Waals surface area (Å²) in [6, 6.07) is 6.40. The molecule has 0 bridgehead atoms. The Kier molecular flexibility index (Phi) is 5.96. The Morgan fingerprint density at radius 2 is 1.89 bits per heavy atom. The Morgan fingerprint density at radius 3 is 2.52 bits per heavy atom. The van der Waals surface area contributed by atoms with Gasteiger partial charge in [0.1, 0.15) is 10.8 Å². The third-order valence-corrected chi connectivity index (χ3v) is 6.80. The molecule has 0 saturated carbocycles. The molecular formula is C21H27N3OS2. The Morgan fingerprint density at radius 1 is 1.22 bits per heavy atom. The van der Waals surface area contributed by atoms with Crippen LogP contribution in [0.5, 0.6) is 0 Å². The number of nitrogens with one attached hydrogen (secondary N) is 1. The summed E-state index contributed by atoms with van der Waals surface area (Å²) in [4.78, 5) is 21.0. The van der Waals surface area contributed by atoms with Crippen LogP contribution >= 0.6 is 23.1 Å². The van der Waals surface area contributed by atoms with Crippen LogP contribution in [0.25, 0.3) is 5.03 Å². The normalized spacial score (nSPS) is 16.1. The molecule has 1 aromatic carbocycles. The lowest BCUT2D eigenvalue weighted by Gasteiger charge is -2.31. The maximum Gasteiger partial charge on any atom is 0.234 e. The number of amides is 1. The van der Waals surface area contributed by atoms with E-state index in [0.29, 0.717) is 5.75 Å². The number of aryl methyl sites for hydroxylation is 4. The number of rotatable bonds is 5. The van der Waals surface area contributed by atoms with Crippen molar-refractivity contribution in [1.29, 1.82) is 0 Å². The number of anilines is 1. The van der Waals surface area contributed by atoms with Crippen molar-refractivity contribution in [3.63, 3.8) is 0 Å². The third kappa shape index (κ3) is 4.22. The average Bonchev–Trinajstić information content (AvgIpc) is 2.95. The molecule has 1 aliphatic heterocycles. The number of carbonyl (C=O) groups is 1. The first-order valence-corrected chi connectivity index (χ1v) is 11.1. The predicted molar refractivity (Wildman–Crippen MR) is 117 cm³/mol. The highest BCUT2D eigenvalue weighted by Crippen LogP contribution is 2.26. The van der Waals surface area contributed by atoms with E-state index in [1.165, 1.54) is 10.4 Å². The molecule has 1 amide bonds. The maximum absolute atomic E-state index is 12.7. The Labute approximate surface area is 169 Å². The number of thioether (sulfide) groups is 1. The highest BCUT2D eigenvalue weighted by Gasteiger charge is 2.22. The van der Waals surface area contributed by atoms with Gasteiger partial charge in [0.05, 0.1) is 10.8 Å². The summed E-state index contributed by atoms with van der Waals surface area (Å²) in [5, 5.41) is 5.43. The lowest BCUT2D eigenvalue weighted by Crippen LogP contribution is -2.42. The fraction of sp³-hybridized carbons (Fsp3) is 0.429. The molecule has 6 heteroatoms. The highest BCUT2D eigenvalue weighted by atomic mass is 32.2. The molecule has 27 heavy (non-hydrogen) atoms. The number of carbonyl (C=O) groups excluding carboxylic acids is 1. The van der Waals surface area contributed by atoms with Gasteiger partial charge in [0.25, 0.3) is 0 Å². The molecule has 0 fully saturated rings. The van der Waals surface area contributed by atoms with E-state index in [9.17, 15) is 4.79 Å². The van der Waals surface area contributed by atoms with Crippen LogP contribution in [0.4, 0.5) is 5.69 Å². The van der Waals surface area contributed by atoms with Crippen LogP contribution in [-0.2, 0) is 4.79 Å². The van der Waals surface area contributed by atoms with Crippen molar-refractivity contribution in [1.82, 2.24) is 4.90 Å². The summed E-state index contributed by atoms with van der Waals surface area (Å²) in [7, 11) is 0. The van der Waals surface area contributed by atoms with Crippen LogP contribution < -0.4 is 15.2 Å². The van der Waals surface area contributed by atoms with Gasteiger partial charge in [-0.15, -0.1) is 11.3 Å². The van der Waals surface area contributed by atoms with E-state index in [0.717, 1.165) is 38.3 Å². The van der Waals surface area contributed by atoms with Crippen molar-refractivity contribution in [2.24, 2.45) is 4.99 Å². The molecule has 3 rings (SSSR count). The van der Waals surface area contributed by atoms with E-state index in [-0.39, 0.29) is 12.1 Å². The molecule has 0 saturated heterocycles. The van der Waals surface area contributed by atoms with Crippen molar-refractivity contribution in [3.8, 4) is 0 Å². The Hall–Kier alpha value is -1.79. The van der Waals surface area contributed by atoms with E-state index < -0.39 is 0 Å². The summed E-state index contributed by atoms with van der Waals surface area (Å²) in [5.41, 5.74) is 4.36. The second-order valence-corrected chi connectivity index (χ2v) is 9.24. The third-order valence-electron chi connectivity index (χ3n) is 4.70. The number of hydrogen-bond donors (Lipinski definition) is 1. The predicted octanol–water partition coefficient (Wildman–Crippen LogP) is 3.72. The molecular weight excluding hydrogens is 374 g/mol. The molecule has 0 aliphatic carbocycles. The fourth-order valence-electron chi connectivity index (χ4n) is 3.57. The van der Waals surface area contributed by atoms with E-state index in [4.69, 9.17) is 4.99 Å². The highest BCUT2D eigenvalue weighted by molar-refractivity contribution is 8.08. The van der Waals surface area contributed by atoms with Crippen LogP contribution in [0.2, 0.25) is 0 Å². The van der Waals surface area contributed by atoms with Gasteiger partial charge >= 0.3 is 0 Å². The number of nitrogens with zero attached hydrogens (tertiary/aromatic N) is 2. The van der Waals surface area contributed by atoms with Gasteiger partial charge in [-0.25, -0.2) is 4.99 Å². The van der Waals surface area contributed by atoms with Gasteiger partial charge in [-0.1, -0.05) is 29.5 Å². The van der Waals surface area contributed by atoms with Crippen molar-refractivity contribution >= 4 is 39.7 Å². The molecule has 1 atom stereocenters. The minimum Gasteiger partial charge on any atom is -0.344 e. The molecule has 2 heterocycles. The van der Waals surface area contributed by atoms with Gasteiger partial charge in [0.2, 0.25) is 5.91 Å². The van der Waals surface area contributed by atoms with E-state index >= 15 is 0 Å². The summed E-state index contributed by atoms with van der Waals surface area (Å²) >= 11 is 3.33. The van der Waals surface area contributed by atoms with Crippen LogP contribution in [-0.4, -0.2) is 29.3 Å². The average molecular weight is 402 g/mol. The molecule has 144 valence electrons. The lowest BCUT2D eigenvalue weighted by atomic mass is 10.1. The second kappa shape index (κ2) is 8.07. The van der Waals surface area contributed by atoms with Crippen molar-refractivity contribution in [2.45, 2.75) is 47.7 Å². The number of thiophene rings is 1.